The first-order valence-corrected chi connectivity index (χ1v) is 8.49. The van der Waals surface area contributed by atoms with Crippen LogP contribution in [0.1, 0.15) is 20.3 Å². The molecular formula is C15H20BrNOS. The summed E-state index contributed by atoms with van der Waals surface area (Å²) in [7, 11) is 0. The van der Waals surface area contributed by atoms with Crippen molar-refractivity contribution in [3.05, 3.63) is 28.7 Å². The van der Waals surface area contributed by atoms with Gasteiger partial charge < -0.3 is 4.90 Å². The van der Waals surface area contributed by atoms with Gasteiger partial charge in [0.2, 0.25) is 5.91 Å². The van der Waals surface area contributed by atoms with Crippen molar-refractivity contribution >= 4 is 33.6 Å². The summed E-state index contributed by atoms with van der Waals surface area (Å²) in [6.45, 7) is 6.30. The molecule has 1 aliphatic heterocycles. The van der Waals surface area contributed by atoms with Crippen LogP contribution in [0.4, 0.5) is 0 Å². The molecule has 2 rings (SSSR count). The number of rotatable bonds is 3. The minimum absolute atomic E-state index is 0.263. The maximum Gasteiger partial charge on any atom is 0.232 e. The van der Waals surface area contributed by atoms with Gasteiger partial charge in [-0.05, 0) is 46.3 Å². The molecule has 0 radical (unpaired) electrons. The van der Waals surface area contributed by atoms with Crippen LogP contribution >= 0.6 is 27.7 Å². The topological polar surface area (TPSA) is 20.3 Å². The van der Waals surface area contributed by atoms with E-state index in [1.165, 1.54) is 6.42 Å². The molecule has 19 heavy (non-hydrogen) atoms. The fourth-order valence-electron chi connectivity index (χ4n) is 2.66. The summed E-state index contributed by atoms with van der Waals surface area (Å²) < 4.78 is 1.06. The summed E-state index contributed by atoms with van der Waals surface area (Å²) in [5.41, 5.74) is 0. The maximum atomic E-state index is 12.3. The monoisotopic (exact) mass is 341 g/mol. The smallest absolute Gasteiger partial charge is 0.232 e. The third kappa shape index (κ3) is 4.25. The van der Waals surface area contributed by atoms with Crippen molar-refractivity contribution in [1.82, 2.24) is 4.90 Å². The Kier molecular flexibility index (Phi) is 5.34. The van der Waals surface area contributed by atoms with Gasteiger partial charge in [0.05, 0.1) is 5.75 Å². The second kappa shape index (κ2) is 6.80. The maximum absolute atomic E-state index is 12.3. The van der Waals surface area contributed by atoms with Crippen molar-refractivity contribution in [2.24, 2.45) is 11.8 Å². The second-order valence-corrected chi connectivity index (χ2v) is 7.34. The molecule has 104 valence electrons. The lowest BCUT2D eigenvalue weighted by Gasteiger charge is -2.35. The molecule has 0 saturated carbocycles. The molecule has 0 spiro atoms. The molecule has 1 fully saturated rings. The minimum Gasteiger partial charge on any atom is -0.341 e. The number of likely N-dealkylation sites (tertiary alicyclic amines) is 1. The molecule has 0 N–H and O–H groups in total. The highest BCUT2D eigenvalue weighted by molar-refractivity contribution is 9.10. The summed E-state index contributed by atoms with van der Waals surface area (Å²) in [6.07, 6.45) is 1.24. The van der Waals surface area contributed by atoms with Crippen LogP contribution in [0.15, 0.2) is 33.6 Å². The second-order valence-electron chi connectivity index (χ2n) is 5.46. The highest BCUT2D eigenvalue weighted by Gasteiger charge is 2.25. The van der Waals surface area contributed by atoms with Gasteiger partial charge in [-0.2, -0.15) is 0 Å². The van der Waals surface area contributed by atoms with Gasteiger partial charge >= 0.3 is 0 Å². The highest BCUT2D eigenvalue weighted by atomic mass is 79.9. The van der Waals surface area contributed by atoms with Crippen LogP contribution in [-0.2, 0) is 4.79 Å². The van der Waals surface area contributed by atoms with Gasteiger partial charge in [0.15, 0.2) is 0 Å². The molecule has 1 heterocycles. The first-order valence-electron chi connectivity index (χ1n) is 6.71. The Morgan fingerprint density at radius 2 is 1.95 bits per heavy atom. The Morgan fingerprint density at radius 3 is 2.58 bits per heavy atom. The predicted octanol–water partition coefficient (Wildman–Crippen LogP) is 4.05. The Morgan fingerprint density at radius 1 is 1.32 bits per heavy atom. The fourth-order valence-corrected chi connectivity index (χ4v) is 4.13. The molecule has 1 aromatic rings. The number of carbonyl (C=O) groups is 1. The lowest BCUT2D eigenvalue weighted by Crippen LogP contribution is -2.43. The summed E-state index contributed by atoms with van der Waals surface area (Å²) in [4.78, 5) is 15.4. The average molecular weight is 342 g/mol. The van der Waals surface area contributed by atoms with Crippen LogP contribution in [-0.4, -0.2) is 29.6 Å². The first kappa shape index (κ1) is 14.9. The number of carbonyl (C=O) groups excluding carboxylic acids is 1. The highest BCUT2D eigenvalue weighted by Crippen LogP contribution is 2.28. The molecule has 1 amide bonds. The van der Waals surface area contributed by atoms with Gasteiger partial charge in [-0.3, -0.25) is 4.79 Å². The van der Waals surface area contributed by atoms with E-state index in [-0.39, 0.29) is 5.91 Å². The Bertz CT molecular complexity index is 442. The van der Waals surface area contributed by atoms with Crippen molar-refractivity contribution < 1.29 is 4.79 Å². The zero-order chi connectivity index (χ0) is 13.8. The number of hydrogen-bond acceptors (Lipinski definition) is 2. The molecule has 1 saturated heterocycles. The lowest BCUT2D eigenvalue weighted by atomic mass is 9.92. The minimum atomic E-state index is 0.263. The first-order chi connectivity index (χ1) is 9.06. The third-order valence-corrected chi connectivity index (χ3v) is 5.42. The molecule has 2 nitrogen and oxygen atoms in total. The number of amides is 1. The standard InChI is InChI=1S/C15H20BrNOS/c1-11-7-12(2)9-17(8-11)15(18)10-19-14-6-4-3-5-13(14)16/h3-6,11-12H,7-10H2,1-2H3. The third-order valence-electron chi connectivity index (χ3n) is 3.41. The normalized spacial score (nSPS) is 23.4. The van der Waals surface area contributed by atoms with E-state index in [0.29, 0.717) is 17.6 Å². The van der Waals surface area contributed by atoms with Gasteiger partial charge in [0, 0.05) is 22.5 Å². The van der Waals surface area contributed by atoms with Crippen LogP contribution in [0, 0.1) is 11.8 Å². The molecule has 0 aromatic heterocycles. The number of hydrogen-bond donors (Lipinski definition) is 0. The largest absolute Gasteiger partial charge is 0.341 e. The Balaban J connectivity index is 1.89. The zero-order valence-corrected chi connectivity index (χ0v) is 13.8. The molecular weight excluding hydrogens is 322 g/mol. The molecule has 2 unspecified atom stereocenters. The lowest BCUT2D eigenvalue weighted by molar-refractivity contribution is -0.130. The predicted molar refractivity (Wildman–Crippen MR) is 84.4 cm³/mol. The number of nitrogens with zero attached hydrogens (tertiary/aromatic N) is 1. The van der Waals surface area contributed by atoms with Crippen LogP contribution in [0.3, 0.4) is 0 Å². The van der Waals surface area contributed by atoms with E-state index in [1.807, 2.05) is 29.2 Å². The summed E-state index contributed by atoms with van der Waals surface area (Å²) in [6, 6.07) is 8.05. The molecule has 2 atom stereocenters. The quantitative estimate of drug-likeness (QED) is 0.773. The van der Waals surface area contributed by atoms with Crippen LogP contribution in [0.2, 0.25) is 0 Å². The number of piperidine rings is 1. The van der Waals surface area contributed by atoms with E-state index in [0.717, 1.165) is 22.5 Å². The number of benzene rings is 1. The summed E-state index contributed by atoms with van der Waals surface area (Å²) in [5, 5.41) is 0. The van der Waals surface area contributed by atoms with Crippen LogP contribution in [0.5, 0.6) is 0 Å². The van der Waals surface area contributed by atoms with E-state index in [1.54, 1.807) is 11.8 Å². The Hall–Kier alpha value is -0.480. The van der Waals surface area contributed by atoms with E-state index in [9.17, 15) is 4.79 Å². The number of thioether (sulfide) groups is 1. The zero-order valence-electron chi connectivity index (χ0n) is 11.4. The van der Waals surface area contributed by atoms with Crippen molar-refractivity contribution in [2.75, 3.05) is 18.8 Å². The Labute approximate surface area is 128 Å². The van der Waals surface area contributed by atoms with Gasteiger partial charge in [-0.1, -0.05) is 26.0 Å². The molecule has 0 aliphatic carbocycles. The van der Waals surface area contributed by atoms with E-state index < -0.39 is 0 Å². The van der Waals surface area contributed by atoms with Crippen molar-refractivity contribution in [3.63, 3.8) is 0 Å². The van der Waals surface area contributed by atoms with Crippen molar-refractivity contribution in [2.45, 2.75) is 25.2 Å². The van der Waals surface area contributed by atoms with Crippen LogP contribution in [0.25, 0.3) is 0 Å². The average Bonchev–Trinajstić information content (AvgIpc) is 2.36. The summed E-state index contributed by atoms with van der Waals surface area (Å²) >= 11 is 5.13. The number of halogens is 1. The van der Waals surface area contributed by atoms with Crippen LogP contribution < -0.4 is 0 Å². The molecule has 0 bridgehead atoms. The van der Waals surface area contributed by atoms with Gasteiger partial charge in [-0.25, -0.2) is 0 Å². The van der Waals surface area contributed by atoms with Crippen molar-refractivity contribution in [3.8, 4) is 0 Å². The van der Waals surface area contributed by atoms with E-state index in [4.69, 9.17) is 0 Å². The van der Waals surface area contributed by atoms with E-state index in [2.05, 4.69) is 29.8 Å². The molecule has 4 heteroatoms. The summed E-state index contributed by atoms with van der Waals surface area (Å²) in [5.74, 6) is 2.05. The van der Waals surface area contributed by atoms with E-state index >= 15 is 0 Å². The molecule has 1 aromatic carbocycles. The van der Waals surface area contributed by atoms with Gasteiger partial charge in [-0.15, -0.1) is 11.8 Å². The molecule has 1 aliphatic rings. The fraction of sp³-hybridized carbons (Fsp3) is 0.533. The van der Waals surface area contributed by atoms with Gasteiger partial charge in [0.25, 0.3) is 0 Å². The van der Waals surface area contributed by atoms with Gasteiger partial charge in [0.1, 0.15) is 0 Å². The van der Waals surface area contributed by atoms with Crippen molar-refractivity contribution in [1.29, 1.82) is 0 Å². The SMILES string of the molecule is CC1CC(C)CN(C(=O)CSc2ccccc2Br)C1.